The number of rotatable bonds is 6. The minimum Gasteiger partial charge on any atom is -0.462 e. The number of benzene rings is 2. The smallest absolute Gasteiger partial charge is 0.462 e. The molecule has 0 fully saturated rings. The van der Waals surface area contributed by atoms with E-state index in [1.54, 1.807) is 5.32 Å². The van der Waals surface area contributed by atoms with Crippen molar-refractivity contribution in [1.82, 2.24) is 5.32 Å². The molecule has 31 heavy (non-hydrogen) atoms. The Morgan fingerprint density at radius 2 is 1.77 bits per heavy atom. The van der Waals surface area contributed by atoms with Crippen LogP contribution in [0.1, 0.15) is 30.1 Å². The minimum absolute atomic E-state index is 0.137. The SMILES string of the molecule is CCCCOC(=O)c1ccc(NC(=O)N[C@]2(C(F)(F)F)Oc3ccc(Cl)cc3O2)cc1. The summed E-state index contributed by atoms with van der Waals surface area (Å²) in [6.45, 7) is 2.24. The molecule has 3 rings (SSSR count). The Hall–Kier alpha value is -3.14. The number of fused-ring (bicyclic) bond motifs is 1. The van der Waals surface area contributed by atoms with E-state index in [1.807, 2.05) is 6.92 Å². The van der Waals surface area contributed by atoms with Crippen molar-refractivity contribution in [2.75, 3.05) is 11.9 Å². The summed E-state index contributed by atoms with van der Waals surface area (Å²) >= 11 is 5.76. The van der Waals surface area contributed by atoms with Crippen molar-refractivity contribution in [3.8, 4) is 11.5 Å². The number of nitrogens with one attached hydrogen (secondary N) is 2. The topological polar surface area (TPSA) is 85.9 Å². The molecule has 0 aromatic heterocycles. The molecule has 1 aliphatic rings. The van der Waals surface area contributed by atoms with Gasteiger partial charge in [0.15, 0.2) is 11.5 Å². The predicted molar refractivity (Wildman–Crippen MR) is 105 cm³/mol. The molecule has 0 radical (unpaired) electrons. The molecule has 11 heteroatoms. The van der Waals surface area contributed by atoms with Crippen molar-refractivity contribution in [2.24, 2.45) is 0 Å². The van der Waals surface area contributed by atoms with Crippen LogP contribution in [0.5, 0.6) is 11.5 Å². The Balaban J connectivity index is 1.67. The molecule has 0 saturated carbocycles. The summed E-state index contributed by atoms with van der Waals surface area (Å²) in [7, 11) is 0. The fourth-order valence-corrected chi connectivity index (χ4v) is 2.77. The number of amides is 2. The first-order chi connectivity index (χ1) is 14.6. The lowest BCUT2D eigenvalue weighted by Crippen LogP contribution is -2.65. The van der Waals surface area contributed by atoms with Gasteiger partial charge in [0.2, 0.25) is 0 Å². The van der Waals surface area contributed by atoms with E-state index in [2.05, 4.69) is 5.32 Å². The molecule has 0 unspecified atom stereocenters. The Labute approximate surface area is 180 Å². The van der Waals surface area contributed by atoms with Crippen molar-refractivity contribution in [3.63, 3.8) is 0 Å². The Bertz CT molecular complexity index is 968. The second kappa shape index (κ2) is 8.93. The lowest BCUT2D eigenvalue weighted by atomic mass is 10.2. The van der Waals surface area contributed by atoms with E-state index in [0.29, 0.717) is 0 Å². The molecule has 2 N–H and O–H groups in total. The first kappa shape index (κ1) is 22.5. The van der Waals surface area contributed by atoms with Gasteiger partial charge in [0.1, 0.15) is 0 Å². The van der Waals surface area contributed by atoms with Crippen molar-refractivity contribution >= 4 is 29.3 Å². The van der Waals surface area contributed by atoms with Crippen LogP contribution in [-0.2, 0) is 4.74 Å². The number of hydrogen-bond acceptors (Lipinski definition) is 5. The number of carbonyl (C=O) groups is 2. The second-order valence-electron chi connectivity index (χ2n) is 6.56. The number of hydrogen-bond donors (Lipinski definition) is 2. The van der Waals surface area contributed by atoms with Crippen molar-refractivity contribution in [1.29, 1.82) is 0 Å². The molecule has 0 spiro atoms. The van der Waals surface area contributed by atoms with E-state index in [4.69, 9.17) is 25.8 Å². The van der Waals surface area contributed by atoms with Gasteiger partial charge in [-0.15, -0.1) is 0 Å². The standard InChI is InChI=1S/C20H18ClF3N2O5/c1-2-3-10-29-17(27)12-4-7-14(8-5-12)25-18(28)26-20(19(22,23)24)30-15-9-6-13(21)11-16(15)31-20/h4-9,11H,2-3,10H2,1H3,(H2,25,26,28)/t20-/m1/s1. The highest BCUT2D eigenvalue weighted by Crippen LogP contribution is 2.46. The van der Waals surface area contributed by atoms with Gasteiger partial charge in [-0.25, -0.2) is 9.59 Å². The van der Waals surface area contributed by atoms with E-state index in [9.17, 15) is 22.8 Å². The quantitative estimate of drug-likeness (QED) is 0.464. The molecule has 166 valence electrons. The van der Waals surface area contributed by atoms with Gasteiger partial charge in [0.05, 0.1) is 12.2 Å². The van der Waals surface area contributed by atoms with Crippen LogP contribution >= 0.6 is 11.6 Å². The molecule has 1 aliphatic heterocycles. The number of anilines is 1. The summed E-state index contributed by atoms with van der Waals surface area (Å²) in [6, 6.07) is 7.88. The Kier molecular flexibility index (Phi) is 6.49. The van der Waals surface area contributed by atoms with Crippen LogP contribution in [0, 0.1) is 0 Å². The third-order valence-corrected chi connectivity index (χ3v) is 4.41. The van der Waals surface area contributed by atoms with E-state index in [-0.39, 0.29) is 34.4 Å². The van der Waals surface area contributed by atoms with Gasteiger partial charge in [-0.05, 0) is 42.8 Å². The average Bonchev–Trinajstić information content (AvgIpc) is 3.07. The number of unbranched alkanes of at least 4 members (excludes halogenated alkanes) is 1. The van der Waals surface area contributed by atoms with Crippen LogP contribution in [0.3, 0.4) is 0 Å². The third-order valence-electron chi connectivity index (χ3n) is 4.17. The van der Waals surface area contributed by atoms with Crippen LogP contribution in [0.4, 0.5) is 23.7 Å². The van der Waals surface area contributed by atoms with Gasteiger partial charge >= 0.3 is 24.1 Å². The summed E-state index contributed by atoms with van der Waals surface area (Å²) in [4.78, 5) is 24.1. The zero-order chi connectivity index (χ0) is 22.6. The largest absolute Gasteiger partial charge is 0.492 e. The minimum atomic E-state index is -5.11. The highest BCUT2D eigenvalue weighted by Gasteiger charge is 2.65. The lowest BCUT2D eigenvalue weighted by molar-refractivity contribution is -0.317. The Morgan fingerprint density at radius 1 is 1.10 bits per heavy atom. The van der Waals surface area contributed by atoms with Crippen molar-refractivity contribution < 1.29 is 37.0 Å². The fourth-order valence-electron chi connectivity index (χ4n) is 2.61. The lowest BCUT2D eigenvalue weighted by Gasteiger charge is -2.29. The second-order valence-corrected chi connectivity index (χ2v) is 6.99. The zero-order valence-corrected chi connectivity index (χ0v) is 17.0. The van der Waals surface area contributed by atoms with Gasteiger partial charge in [-0.3, -0.25) is 5.32 Å². The van der Waals surface area contributed by atoms with Gasteiger partial charge in [-0.2, -0.15) is 13.2 Å². The van der Waals surface area contributed by atoms with Gasteiger partial charge in [-0.1, -0.05) is 24.9 Å². The maximum Gasteiger partial charge on any atom is 0.492 e. The monoisotopic (exact) mass is 458 g/mol. The molecule has 0 saturated heterocycles. The third kappa shape index (κ3) is 5.13. The van der Waals surface area contributed by atoms with Crippen LogP contribution in [0.2, 0.25) is 5.02 Å². The molecule has 1 heterocycles. The molecule has 2 aromatic rings. The zero-order valence-electron chi connectivity index (χ0n) is 16.2. The summed E-state index contributed by atoms with van der Waals surface area (Å²) in [5.74, 6) is -4.46. The van der Waals surface area contributed by atoms with Crippen LogP contribution < -0.4 is 20.1 Å². The number of esters is 1. The highest BCUT2D eigenvalue weighted by atomic mass is 35.5. The summed E-state index contributed by atoms with van der Waals surface area (Å²) < 4.78 is 55.8. The van der Waals surface area contributed by atoms with Crippen molar-refractivity contribution in [3.05, 3.63) is 53.1 Å². The molecule has 2 amide bonds. The van der Waals surface area contributed by atoms with Gasteiger partial charge in [0, 0.05) is 16.8 Å². The fraction of sp³-hybridized carbons (Fsp3) is 0.300. The van der Waals surface area contributed by atoms with Gasteiger partial charge < -0.3 is 19.5 Å². The van der Waals surface area contributed by atoms with E-state index in [1.165, 1.54) is 36.4 Å². The summed E-state index contributed by atoms with van der Waals surface area (Å²) in [5, 5.41) is 4.04. The number of carbonyl (C=O) groups excluding carboxylic acids is 2. The summed E-state index contributed by atoms with van der Waals surface area (Å²) in [6.07, 6.45) is -3.51. The molecular formula is C20H18ClF3N2O5. The van der Waals surface area contributed by atoms with Crippen LogP contribution in [0.15, 0.2) is 42.5 Å². The Morgan fingerprint density at radius 3 is 2.42 bits per heavy atom. The highest BCUT2D eigenvalue weighted by molar-refractivity contribution is 6.30. The van der Waals surface area contributed by atoms with Crippen LogP contribution in [0.25, 0.3) is 0 Å². The van der Waals surface area contributed by atoms with Gasteiger partial charge in [0.25, 0.3) is 0 Å². The van der Waals surface area contributed by atoms with Crippen LogP contribution in [-0.4, -0.2) is 30.7 Å². The van der Waals surface area contributed by atoms with E-state index in [0.717, 1.165) is 18.9 Å². The number of halogens is 4. The van der Waals surface area contributed by atoms with Crippen molar-refractivity contribution in [2.45, 2.75) is 31.9 Å². The molecule has 0 aliphatic carbocycles. The molecular weight excluding hydrogens is 441 g/mol. The number of alkyl halides is 3. The maximum atomic E-state index is 13.7. The number of urea groups is 1. The number of ether oxygens (including phenoxy) is 3. The molecule has 0 bridgehead atoms. The molecule has 7 nitrogen and oxygen atoms in total. The average molecular weight is 459 g/mol. The van der Waals surface area contributed by atoms with E-state index < -0.39 is 24.1 Å². The first-order valence-electron chi connectivity index (χ1n) is 9.24. The van der Waals surface area contributed by atoms with E-state index >= 15 is 0 Å². The predicted octanol–water partition coefficient (Wildman–Crippen LogP) is 5.11. The molecule has 2 aromatic carbocycles. The first-order valence-corrected chi connectivity index (χ1v) is 9.62. The maximum absolute atomic E-state index is 13.7. The normalized spacial score (nSPS) is 17.2. The summed E-state index contributed by atoms with van der Waals surface area (Å²) in [5.41, 5.74) is 0.377. The molecule has 1 atom stereocenters.